The zero-order valence-electron chi connectivity index (χ0n) is 22.6. The Morgan fingerprint density at radius 3 is 2.69 bits per heavy atom. The van der Waals surface area contributed by atoms with Crippen LogP contribution in [-0.4, -0.2) is 59.9 Å². The Morgan fingerprint density at radius 1 is 1.17 bits per heavy atom. The van der Waals surface area contributed by atoms with Crippen molar-refractivity contribution in [1.29, 1.82) is 0 Å². The molecule has 1 amide bonds. The van der Waals surface area contributed by atoms with Gasteiger partial charge < -0.3 is 14.3 Å². The number of carbonyl (C=O) groups is 1. The molecule has 1 saturated heterocycles. The molecule has 6 rings (SSSR count). The van der Waals surface area contributed by atoms with Crippen LogP contribution >= 0.6 is 0 Å². The number of amides is 1. The van der Waals surface area contributed by atoms with Gasteiger partial charge in [0.15, 0.2) is 5.52 Å². The van der Waals surface area contributed by atoms with Gasteiger partial charge in [0.25, 0.3) is 5.91 Å². The van der Waals surface area contributed by atoms with Gasteiger partial charge in [0.1, 0.15) is 33.8 Å². The number of hydrogen-bond acceptors (Lipinski definition) is 9. The summed E-state index contributed by atoms with van der Waals surface area (Å²) in [5.41, 5.74) is 2.81. The van der Waals surface area contributed by atoms with Gasteiger partial charge in [0.2, 0.25) is 10.0 Å². The highest BCUT2D eigenvalue weighted by Crippen LogP contribution is 2.41. The number of sulfonamides is 1. The standard InChI is InChI=1S/C28H26FN5O6S2/c1-30-28(35)25-20-13-19(22(33-41(2)36)14-23(20)39-27(25)16-8-10-18(29)11-9-16)17-5-4-12-34(15-17)42(37,38)24-7-3-6-21-26(24)32-40-31-21/h3,6-11,13-14,17,33H,4-5,12,15H2,1-2H3,(H,30,35)/t17-,41-/m0/s1. The Kier molecular flexibility index (Phi) is 7.39. The monoisotopic (exact) mass is 611 g/mol. The highest BCUT2D eigenvalue weighted by atomic mass is 32.2. The van der Waals surface area contributed by atoms with Crippen molar-refractivity contribution in [2.24, 2.45) is 0 Å². The Bertz CT molecular complexity index is 1910. The third-order valence-corrected chi connectivity index (χ3v) is 9.77. The van der Waals surface area contributed by atoms with E-state index in [0.29, 0.717) is 52.7 Å². The predicted octanol–water partition coefficient (Wildman–Crippen LogP) is 4.41. The highest BCUT2D eigenvalue weighted by Gasteiger charge is 2.35. The van der Waals surface area contributed by atoms with Crippen LogP contribution in [0, 0.1) is 5.82 Å². The molecule has 3 heterocycles. The molecule has 5 aromatic rings. The summed E-state index contributed by atoms with van der Waals surface area (Å²) in [5.74, 6) is -0.878. The van der Waals surface area contributed by atoms with Crippen LogP contribution in [0.1, 0.15) is 34.7 Å². The van der Waals surface area contributed by atoms with Gasteiger partial charge in [0, 0.05) is 37.2 Å². The first-order valence-corrected chi connectivity index (χ1v) is 16.1. The fraction of sp³-hybridized carbons (Fsp3) is 0.250. The summed E-state index contributed by atoms with van der Waals surface area (Å²) in [6.45, 7) is 0.438. The van der Waals surface area contributed by atoms with Gasteiger partial charge in [-0.2, -0.15) is 4.31 Å². The molecule has 1 fully saturated rings. The van der Waals surface area contributed by atoms with Crippen molar-refractivity contribution in [2.75, 3.05) is 31.1 Å². The largest absolute Gasteiger partial charge is 0.593 e. The lowest BCUT2D eigenvalue weighted by Crippen LogP contribution is -2.39. The molecule has 0 bridgehead atoms. The van der Waals surface area contributed by atoms with Crippen LogP contribution in [-0.2, 0) is 21.4 Å². The molecule has 42 heavy (non-hydrogen) atoms. The number of rotatable bonds is 7. The van der Waals surface area contributed by atoms with E-state index >= 15 is 0 Å². The normalized spacial score (nSPS) is 17.0. The van der Waals surface area contributed by atoms with Crippen molar-refractivity contribution in [3.8, 4) is 11.3 Å². The predicted molar refractivity (Wildman–Crippen MR) is 155 cm³/mol. The van der Waals surface area contributed by atoms with Gasteiger partial charge in [-0.15, -0.1) is 0 Å². The Hall–Kier alpha value is -3.98. The molecule has 0 aliphatic carbocycles. The van der Waals surface area contributed by atoms with Crippen LogP contribution in [0.15, 0.2) is 68.5 Å². The number of aromatic nitrogens is 2. The second kappa shape index (κ2) is 11.0. The van der Waals surface area contributed by atoms with Crippen LogP contribution in [0.2, 0.25) is 0 Å². The van der Waals surface area contributed by atoms with Gasteiger partial charge in [-0.05, 0) is 77.1 Å². The van der Waals surface area contributed by atoms with E-state index in [1.807, 2.05) is 0 Å². The van der Waals surface area contributed by atoms with Gasteiger partial charge in [-0.25, -0.2) is 22.2 Å². The number of benzene rings is 3. The molecule has 14 heteroatoms. The minimum atomic E-state index is -3.96. The van der Waals surface area contributed by atoms with E-state index in [4.69, 9.17) is 9.05 Å². The van der Waals surface area contributed by atoms with E-state index in [1.54, 1.807) is 24.3 Å². The number of fused-ring (bicyclic) bond motifs is 2. The average molecular weight is 612 g/mol. The molecule has 2 N–H and O–H groups in total. The third kappa shape index (κ3) is 5.00. The summed E-state index contributed by atoms with van der Waals surface area (Å²) in [4.78, 5) is 13.1. The maximum atomic E-state index is 13.8. The molecular weight excluding hydrogens is 585 g/mol. The summed E-state index contributed by atoms with van der Waals surface area (Å²) in [7, 11) is -2.46. The fourth-order valence-corrected chi connectivity index (χ4v) is 7.59. The fourth-order valence-electron chi connectivity index (χ4n) is 5.44. The summed E-state index contributed by atoms with van der Waals surface area (Å²) in [6, 6.07) is 13.7. The maximum Gasteiger partial charge on any atom is 0.255 e. The second-order valence-electron chi connectivity index (χ2n) is 9.97. The number of piperidine rings is 1. The van der Waals surface area contributed by atoms with E-state index in [9.17, 15) is 22.2 Å². The van der Waals surface area contributed by atoms with E-state index in [2.05, 4.69) is 20.4 Å². The number of anilines is 1. The average Bonchev–Trinajstić information content (AvgIpc) is 3.61. The number of nitrogens with zero attached hydrogens (tertiary/aromatic N) is 3. The topological polar surface area (TPSA) is 154 Å². The Balaban J connectivity index is 1.45. The molecule has 1 aliphatic heterocycles. The van der Waals surface area contributed by atoms with Gasteiger partial charge in [-0.3, -0.25) is 4.79 Å². The Morgan fingerprint density at radius 2 is 1.95 bits per heavy atom. The minimum Gasteiger partial charge on any atom is -0.593 e. The van der Waals surface area contributed by atoms with E-state index in [-0.39, 0.29) is 34.2 Å². The van der Waals surface area contributed by atoms with E-state index < -0.39 is 33.1 Å². The van der Waals surface area contributed by atoms with Gasteiger partial charge in [-0.1, -0.05) is 6.07 Å². The Labute approximate surface area is 243 Å². The van der Waals surface area contributed by atoms with Gasteiger partial charge in [0.05, 0.1) is 22.6 Å². The van der Waals surface area contributed by atoms with Crippen LogP contribution in [0.25, 0.3) is 33.3 Å². The third-order valence-electron chi connectivity index (χ3n) is 7.37. The summed E-state index contributed by atoms with van der Waals surface area (Å²) in [6.07, 6.45) is 2.70. The molecule has 0 radical (unpaired) electrons. The minimum absolute atomic E-state index is 0.00559. The number of nitrogens with one attached hydrogen (secondary N) is 2. The summed E-state index contributed by atoms with van der Waals surface area (Å²) >= 11 is -1.46. The molecular formula is C28H26FN5O6S2. The van der Waals surface area contributed by atoms with Crippen molar-refractivity contribution < 1.29 is 31.2 Å². The van der Waals surface area contributed by atoms with E-state index in [0.717, 1.165) is 0 Å². The summed E-state index contributed by atoms with van der Waals surface area (Å²) in [5, 5.41) is 10.7. The smallest absolute Gasteiger partial charge is 0.255 e. The number of halogens is 1. The number of hydrogen-bond donors (Lipinski definition) is 2. The van der Waals surface area contributed by atoms with Crippen molar-refractivity contribution in [2.45, 2.75) is 23.7 Å². The van der Waals surface area contributed by atoms with Crippen molar-refractivity contribution in [3.63, 3.8) is 0 Å². The molecule has 0 spiro atoms. The van der Waals surface area contributed by atoms with Crippen LogP contribution in [0.4, 0.5) is 10.1 Å². The molecule has 2 atom stereocenters. The quantitative estimate of drug-likeness (QED) is 0.255. The zero-order chi connectivity index (χ0) is 29.6. The maximum absolute atomic E-state index is 13.8. The molecule has 2 aromatic heterocycles. The molecule has 1 aliphatic rings. The van der Waals surface area contributed by atoms with Crippen LogP contribution in [0.5, 0.6) is 0 Å². The molecule has 0 unspecified atom stereocenters. The lowest BCUT2D eigenvalue weighted by Gasteiger charge is -2.33. The van der Waals surface area contributed by atoms with E-state index in [1.165, 1.54) is 47.9 Å². The summed E-state index contributed by atoms with van der Waals surface area (Å²) < 4.78 is 68.8. The molecule has 3 aromatic carbocycles. The first-order chi connectivity index (χ1) is 20.2. The molecule has 218 valence electrons. The number of carbonyl (C=O) groups excluding carboxylic acids is 1. The lowest BCUT2D eigenvalue weighted by atomic mass is 9.89. The SMILES string of the molecule is CNC(=O)c1c(-c2ccc(F)cc2)oc2cc(N[S@+](C)[O-])c([C@H]3CCCN(S(=O)(=O)c4cccc5nonc45)C3)cc12. The van der Waals surface area contributed by atoms with Crippen molar-refractivity contribution in [1.82, 2.24) is 19.9 Å². The first-order valence-electron chi connectivity index (χ1n) is 13.1. The van der Waals surface area contributed by atoms with Crippen molar-refractivity contribution >= 4 is 55.0 Å². The number of furan rings is 1. The highest BCUT2D eigenvalue weighted by molar-refractivity contribution is 7.92. The van der Waals surface area contributed by atoms with Crippen molar-refractivity contribution in [3.05, 3.63) is 71.5 Å². The van der Waals surface area contributed by atoms with Crippen LogP contribution < -0.4 is 10.0 Å². The molecule has 0 saturated carbocycles. The first kappa shape index (κ1) is 28.2. The molecule has 11 nitrogen and oxygen atoms in total. The second-order valence-corrected chi connectivity index (χ2v) is 13.0. The lowest BCUT2D eigenvalue weighted by molar-refractivity contribution is 0.0964. The zero-order valence-corrected chi connectivity index (χ0v) is 24.2. The van der Waals surface area contributed by atoms with Gasteiger partial charge >= 0.3 is 0 Å². The van der Waals surface area contributed by atoms with Crippen LogP contribution in [0.3, 0.4) is 0 Å².